The second-order valence-electron chi connectivity index (χ2n) is 6.21. The molecule has 0 amide bonds. The molecular formula is C18H29ClN2O2. The van der Waals surface area contributed by atoms with Gasteiger partial charge in [-0.2, -0.15) is 0 Å². The third-order valence-electron chi connectivity index (χ3n) is 5.06. The van der Waals surface area contributed by atoms with Crippen LogP contribution in [-0.4, -0.2) is 45.3 Å². The lowest BCUT2D eigenvalue weighted by atomic mass is 9.92. The number of rotatable bonds is 7. The van der Waals surface area contributed by atoms with E-state index in [1.54, 1.807) is 14.2 Å². The second kappa shape index (κ2) is 8.22. The van der Waals surface area contributed by atoms with Crippen LogP contribution in [0.15, 0.2) is 6.07 Å². The summed E-state index contributed by atoms with van der Waals surface area (Å²) in [5.74, 6) is 1.86. The van der Waals surface area contributed by atoms with Gasteiger partial charge in [0.05, 0.1) is 14.2 Å². The van der Waals surface area contributed by atoms with Crippen LogP contribution >= 0.6 is 12.4 Å². The van der Waals surface area contributed by atoms with E-state index in [0.717, 1.165) is 37.4 Å². The van der Waals surface area contributed by atoms with Crippen molar-refractivity contribution in [2.24, 2.45) is 0 Å². The molecule has 1 aromatic rings. The Hall–Kier alpha value is -0.970. The van der Waals surface area contributed by atoms with Crippen molar-refractivity contribution in [2.75, 3.05) is 40.4 Å². The first-order valence-corrected chi connectivity index (χ1v) is 8.51. The van der Waals surface area contributed by atoms with E-state index in [9.17, 15) is 0 Å². The Kier molecular flexibility index (Phi) is 6.57. The minimum Gasteiger partial charge on any atom is -0.493 e. The van der Waals surface area contributed by atoms with Crippen LogP contribution in [-0.2, 0) is 12.8 Å². The molecule has 1 unspecified atom stereocenters. The monoisotopic (exact) mass is 340 g/mol. The predicted octanol–water partition coefficient (Wildman–Crippen LogP) is 2.97. The van der Waals surface area contributed by atoms with Gasteiger partial charge in [-0.3, -0.25) is 4.90 Å². The highest BCUT2D eigenvalue weighted by Crippen LogP contribution is 2.48. The minimum atomic E-state index is 0. The van der Waals surface area contributed by atoms with E-state index in [2.05, 4.69) is 23.2 Å². The molecule has 3 rings (SSSR count). The van der Waals surface area contributed by atoms with Crippen molar-refractivity contribution in [2.45, 2.75) is 38.6 Å². The molecule has 130 valence electrons. The lowest BCUT2D eigenvalue weighted by Gasteiger charge is -2.35. The fourth-order valence-corrected chi connectivity index (χ4v) is 4.07. The normalized spacial score (nSPS) is 19.2. The molecule has 4 nitrogen and oxygen atoms in total. The maximum atomic E-state index is 5.65. The zero-order valence-corrected chi connectivity index (χ0v) is 15.3. The van der Waals surface area contributed by atoms with E-state index in [4.69, 9.17) is 9.47 Å². The highest BCUT2D eigenvalue weighted by molar-refractivity contribution is 5.85. The van der Waals surface area contributed by atoms with Crippen LogP contribution in [0.5, 0.6) is 11.5 Å². The van der Waals surface area contributed by atoms with Crippen molar-refractivity contribution < 1.29 is 9.47 Å². The fourth-order valence-electron chi connectivity index (χ4n) is 4.07. The van der Waals surface area contributed by atoms with Gasteiger partial charge >= 0.3 is 0 Å². The highest BCUT2D eigenvalue weighted by Gasteiger charge is 2.36. The summed E-state index contributed by atoms with van der Waals surface area (Å²) in [5, 5.41) is 3.42. The summed E-state index contributed by atoms with van der Waals surface area (Å²) < 4.78 is 11.2. The average Bonchev–Trinajstić information content (AvgIpc) is 2.99. The molecule has 5 heteroatoms. The molecule has 2 aliphatic rings. The van der Waals surface area contributed by atoms with Crippen LogP contribution < -0.4 is 14.8 Å². The van der Waals surface area contributed by atoms with E-state index < -0.39 is 0 Å². The van der Waals surface area contributed by atoms with Gasteiger partial charge in [-0.25, -0.2) is 0 Å². The Bertz CT molecular complexity index is 536. The zero-order chi connectivity index (χ0) is 15.5. The predicted molar refractivity (Wildman–Crippen MR) is 96.3 cm³/mol. The summed E-state index contributed by atoms with van der Waals surface area (Å²) in [6.07, 6.45) is 4.67. The van der Waals surface area contributed by atoms with Crippen LogP contribution in [0.25, 0.3) is 0 Å². The summed E-state index contributed by atoms with van der Waals surface area (Å²) in [6.45, 7) is 6.70. The molecule has 0 aromatic heterocycles. The van der Waals surface area contributed by atoms with Crippen LogP contribution in [0.2, 0.25) is 0 Å². The first-order chi connectivity index (χ1) is 10.8. The third-order valence-corrected chi connectivity index (χ3v) is 5.06. The zero-order valence-electron chi connectivity index (χ0n) is 14.5. The van der Waals surface area contributed by atoms with E-state index in [1.807, 2.05) is 0 Å². The molecule has 1 heterocycles. The van der Waals surface area contributed by atoms with Crippen molar-refractivity contribution in [1.29, 1.82) is 0 Å². The van der Waals surface area contributed by atoms with Gasteiger partial charge in [-0.1, -0.05) is 6.92 Å². The molecule has 0 fully saturated rings. The number of benzene rings is 1. The van der Waals surface area contributed by atoms with Crippen LogP contribution in [0.3, 0.4) is 0 Å². The van der Waals surface area contributed by atoms with Crippen LogP contribution in [0.4, 0.5) is 0 Å². The average molecular weight is 341 g/mol. The number of halogens is 1. The van der Waals surface area contributed by atoms with Crippen molar-refractivity contribution in [1.82, 2.24) is 10.2 Å². The maximum Gasteiger partial charge on any atom is 0.164 e. The number of ether oxygens (including phenoxy) is 2. The van der Waals surface area contributed by atoms with Crippen LogP contribution in [0, 0.1) is 0 Å². The molecule has 0 saturated carbocycles. The molecule has 1 aliphatic carbocycles. The van der Waals surface area contributed by atoms with Crippen molar-refractivity contribution in [3.63, 3.8) is 0 Å². The lowest BCUT2D eigenvalue weighted by molar-refractivity contribution is 0.183. The molecule has 1 N–H and O–H groups in total. The number of nitrogens with one attached hydrogen (secondary N) is 1. The number of hydrogen-bond donors (Lipinski definition) is 1. The Morgan fingerprint density at radius 1 is 1.26 bits per heavy atom. The Morgan fingerprint density at radius 2 is 2.09 bits per heavy atom. The number of methoxy groups -OCH3 is 2. The van der Waals surface area contributed by atoms with Crippen molar-refractivity contribution in [3.8, 4) is 11.5 Å². The number of nitrogens with zero attached hydrogens (tertiary/aromatic N) is 1. The minimum absolute atomic E-state index is 0. The highest BCUT2D eigenvalue weighted by atomic mass is 35.5. The van der Waals surface area contributed by atoms with Crippen molar-refractivity contribution in [3.05, 3.63) is 22.8 Å². The van der Waals surface area contributed by atoms with Crippen LogP contribution in [0.1, 0.15) is 42.5 Å². The van der Waals surface area contributed by atoms with Gasteiger partial charge in [0.1, 0.15) is 0 Å². The van der Waals surface area contributed by atoms with Gasteiger partial charge in [0.25, 0.3) is 0 Å². The molecule has 0 bridgehead atoms. The van der Waals surface area contributed by atoms with Gasteiger partial charge in [0, 0.05) is 18.2 Å². The van der Waals surface area contributed by atoms with E-state index in [0.29, 0.717) is 6.04 Å². The molecule has 23 heavy (non-hydrogen) atoms. The van der Waals surface area contributed by atoms with Crippen molar-refractivity contribution >= 4 is 12.4 Å². The Labute approximate surface area is 145 Å². The van der Waals surface area contributed by atoms with Gasteiger partial charge in [-0.05, 0) is 62.5 Å². The van der Waals surface area contributed by atoms with E-state index in [1.165, 1.54) is 42.6 Å². The van der Waals surface area contributed by atoms with E-state index in [-0.39, 0.29) is 12.4 Å². The summed E-state index contributed by atoms with van der Waals surface area (Å²) >= 11 is 0. The van der Waals surface area contributed by atoms with Gasteiger partial charge < -0.3 is 14.8 Å². The lowest BCUT2D eigenvalue weighted by Crippen LogP contribution is -2.36. The second-order valence-corrected chi connectivity index (χ2v) is 6.21. The molecular weight excluding hydrogens is 312 g/mol. The largest absolute Gasteiger partial charge is 0.493 e. The summed E-state index contributed by atoms with van der Waals surface area (Å²) in [6, 6.07) is 2.78. The Balaban J connectivity index is 0.00000192. The SMILES string of the molecule is CCNCCCN1CCc2cc(OC)c(OC)c3c2C1CC3.Cl. The topological polar surface area (TPSA) is 33.7 Å². The smallest absolute Gasteiger partial charge is 0.164 e. The van der Waals surface area contributed by atoms with Gasteiger partial charge in [0.2, 0.25) is 0 Å². The van der Waals surface area contributed by atoms with E-state index >= 15 is 0 Å². The molecule has 1 aromatic carbocycles. The summed E-state index contributed by atoms with van der Waals surface area (Å²) in [7, 11) is 3.49. The quantitative estimate of drug-likeness (QED) is 0.774. The Morgan fingerprint density at radius 3 is 2.78 bits per heavy atom. The van der Waals surface area contributed by atoms with Gasteiger partial charge in [0.15, 0.2) is 11.5 Å². The summed E-state index contributed by atoms with van der Waals surface area (Å²) in [4.78, 5) is 2.67. The molecule has 0 radical (unpaired) electrons. The fraction of sp³-hybridized carbons (Fsp3) is 0.667. The first kappa shape index (κ1) is 18.4. The standard InChI is InChI=1S/C18H28N2O2.ClH/c1-4-19-9-5-10-20-11-8-13-12-16(21-2)18(22-3)14-6-7-15(20)17(13)14;/h12,15,19H,4-11H2,1-3H3;1H. The first-order valence-electron chi connectivity index (χ1n) is 8.51. The number of hydrogen-bond acceptors (Lipinski definition) is 4. The molecule has 1 atom stereocenters. The molecule has 0 saturated heterocycles. The maximum absolute atomic E-state index is 5.65. The molecule has 1 aliphatic heterocycles. The van der Waals surface area contributed by atoms with Gasteiger partial charge in [-0.15, -0.1) is 12.4 Å². The third kappa shape index (κ3) is 3.44. The summed E-state index contributed by atoms with van der Waals surface area (Å²) in [5.41, 5.74) is 4.39. The molecule has 0 spiro atoms.